The van der Waals surface area contributed by atoms with Crippen molar-refractivity contribution >= 4 is 11.9 Å². The van der Waals surface area contributed by atoms with E-state index in [0.29, 0.717) is 12.8 Å². The summed E-state index contributed by atoms with van der Waals surface area (Å²) in [6.07, 6.45) is 35.7. The molecular formula is C39H76O5. The summed E-state index contributed by atoms with van der Waals surface area (Å²) in [4.78, 5) is 23.9. The van der Waals surface area contributed by atoms with Crippen LogP contribution in [-0.2, 0) is 19.1 Å². The Labute approximate surface area is 274 Å². The molecule has 0 fully saturated rings. The molecule has 0 saturated carbocycles. The van der Waals surface area contributed by atoms with Gasteiger partial charge in [0.25, 0.3) is 0 Å². The fourth-order valence-corrected chi connectivity index (χ4v) is 5.92. The van der Waals surface area contributed by atoms with Gasteiger partial charge in [0.15, 0.2) is 0 Å². The van der Waals surface area contributed by atoms with Gasteiger partial charge in [-0.1, -0.05) is 188 Å². The predicted molar refractivity (Wildman–Crippen MR) is 187 cm³/mol. The molecule has 0 aromatic rings. The Morgan fingerprint density at radius 2 is 0.727 bits per heavy atom. The van der Waals surface area contributed by atoms with Crippen LogP contribution in [0.4, 0.5) is 0 Å². The number of hydrogen-bond acceptors (Lipinski definition) is 5. The van der Waals surface area contributed by atoms with E-state index in [4.69, 9.17) is 9.47 Å². The first-order valence-corrected chi connectivity index (χ1v) is 19.5. The highest BCUT2D eigenvalue weighted by Gasteiger charge is 2.12. The highest BCUT2D eigenvalue weighted by atomic mass is 16.6. The average molecular weight is 625 g/mol. The van der Waals surface area contributed by atoms with Crippen molar-refractivity contribution in [2.75, 3.05) is 13.2 Å². The van der Waals surface area contributed by atoms with Gasteiger partial charge in [-0.25, -0.2) is 0 Å². The maximum Gasteiger partial charge on any atom is 0.305 e. The highest BCUT2D eigenvalue weighted by molar-refractivity contribution is 5.69. The van der Waals surface area contributed by atoms with Crippen LogP contribution < -0.4 is 0 Å². The second-order valence-electron chi connectivity index (χ2n) is 13.7. The predicted octanol–water partition coefficient (Wildman–Crippen LogP) is 11.8. The third-order valence-electron chi connectivity index (χ3n) is 8.99. The van der Waals surface area contributed by atoms with Gasteiger partial charge in [-0.3, -0.25) is 9.59 Å². The van der Waals surface area contributed by atoms with E-state index in [1.165, 1.54) is 154 Å². The number of unbranched alkanes of at least 4 members (excludes halogenated alkanes) is 23. The first kappa shape index (κ1) is 42.9. The molecule has 0 bridgehead atoms. The van der Waals surface area contributed by atoms with Crippen molar-refractivity contribution in [3.63, 3.8) is 0 Å². The van der Waals surface area contributed by atoms with Crippen molar-refractivity contribution in [1.29, 1.82) is 0 Å². The van der Waals surface area contributed by atoms with Crippen molar-refractivity contribution in [2.24, 2.45) is 5.92 Å². The monoisotopic (exact) mass is 625 g/mol. The SMILES string of the molecule is CCCCCCCCCCCCCC(=O)OCC(O)COC(=O)CCCCCCCCCCCCCC(C)CCCCCC. The second kappa shape index (κ2) is 34.8. The van der Waals surface area contributed by atoms with Crippen LogP contribution in [0.25, 0.3) is 0 Å². The largest absolute Gasteiger partial charge is 0.463 e. The standard InChI is InChI=1S/C39H76O5/c1-4-6-8-10-11-12-14-18-21-24-28-32-38(41)43-34-37(40)35-44-39(42)33-29-25-22-19-16-13-15-17-20-23-27-31-36(3)30-26-9-7-5-2/h36-37,40H,4-35H2,1-3H3. The zero-order valence-corrected chi connectivity index (χ0v) is 29.9. The van der Waals surface area contributed by atoms with Crippen molar-refractivity contribution in [1.82, 2.24) is 0 Å². The molecule has 0 amide bonds. The summed E-state index contributed by atoms with van der Waals surface area (Å²) in [5, 5.41) is 9.99. The quantitative estimate of drug-likeness (QED) is 0.0561. The van der Waals surface area contributed by atoms with Crippen molar-refractivity contribution in [2.45, 2.75) is 219 Å². The highest BCUT2D eigenvalue weighted by Crippen LogP contribution is 2.19. The van der Waals surface area contributed by atoms with E-state index < -0.39 is 6.10 Å². The van der Waals surface area contributed by atoms with Gasteiger partial charge in [0, 0.05) is 12.8 Å². The lowest BCUT2D eigenvalue weighted by molar-refractivity contribution is -0.152. The van der Waals surface area contributed by atoms with Crippen LogP contribution in [0.1, 0.15) is 213 Å². The maximum absolute atomic E-state index is 12.0. The van der Waals surface area contributed by atoms with Crippen molar-refractivity contribution in [3.8, 4) is 0 Å². The summed E-state index contributed by atoms with van der Waals surface area (Å²) in [6, 6.07) is 0. The second-order valence-corrected chi connectivity index (χ2v) is 13.7. The van der Waals surface area contributed by atoms with Gasteiger partial charge in [-0.05, 0) is 18.8 Å². The Balaban J connectivity index is 3.41. The zero-order chi connectivity index (χ0) is 32.4. The number of aliphatic hydroxyl groups excluding tert-OH is 1. The molecule has 2 atom stereocenters. The number of ether oxygens (including phenoxy) is 2. The average Bonchev–Trinajstić information content (AvgIpc) is 3.02. The minimum absolute atomic E-state index is 0.109. The lowest BCUT2D eigenvalue weighted by Crippen LogP contribution is -2.25. The van der Waals surface area contributed by atoms with Gasteiger partial charge < -0.3 is 14.6 Å². The van der Waals surface area contributed by atoms with Crippen LogP contribution in [0.5, 0.6) is 0 Å². The van der Waals surface area contributed by atoms with Crippen LogP contribution in [0, 0.1) is 5.92 Å². The number of aliphatic hydroxyl groups is 1. The third kappa shape index (κ3) is 33.8. The number of carbonyl (C=O) groups excluding carboxylic acids is 2. The van der Waals surface area contributed by atoms with E-state index in [1.807, 2.05) is 0 Å². The zero-order valence-electron chi connectivity index (χ0n) is 29.9. The molecule has 0 aromatic carbocycles. The molecule has 0 aliphatic rings. The number of esters is 2. The van der Waals surface area contributed by atoms with Crippen LogP contribution in [0.3, 0.4) is 0 Å². The van der Waals surface area contributed by atoms with E-state index in [0.717, 1.165) is 31.6 Å². The lowest BCUT2D eigenvalue weighted by atomic mass is 9.96. The summed E-state index contributed by atoms with van der Waals surface area (Å²) in [6.45, 7) is 6.75. The summed E-state index contributed by atoms with van der Waals surface area (Å²) < 4.78 is 10.3. The molecule has 5 heteroatoms. The third-order valence-corrected chi connectivity index (χ3v) is 8.99. The molecule has 0 rings (SSSR count). The molecule has 1 N–H and O–H groups in total. The number of hydrogen-bond donors (Lipinski definition) is 1. The molecular weight excluding hydrogens is 548 g/mol. The molecule has 0 aliphatic carbocycles. The van der Waals surface area contributed by atoms with Gasteiger partial charge in [-0.15, -0.1) is 0 Å². The molecule has 0 heterocycles. The molecule has 0 aromatic heterocycles. The molecule has 0 aliphatic heterocycles. The van der Waals surface area contributed by atoms with Crippen LogP contribution >= 0.6 is 0 Å². The first-order chi connectivity index (χ1) is 21.5. The van der Waals surface area contributed by atoms with Gasteiger partial charge in [0.1, 0.15) is 19.3 Å². The summed E-state index contributed by atoms with van der Waals surface area (Å²) in [5.74, 6) is 0.354. The van der Waals surface area contributed by atoms with Crippen LogP contribution in [0.15, 0.2) is 0 Å². The topological polar surface area (TPSA) is 72.8 Å². The van der Waals surface area contributed by atoms with Crippen molar-refractivity contribution < 1.29 is 24.2 Å². The lowest BCUT2D eigenvalue weighted by Gasteiger charge is -2.12. The van der Waals surface area contributed by atoms with Crippen LogP contribution in [-0.4, -0.2) is 36.4 Å². The Bertz CT molecular complexity index is 607. The molecule has 262 valence electrons. The molecule has 2 unspecified atom stereocenters. The molecule has 0 saturated heterocycles. The maximum atomic E-state index is 12.0. The van der Waals surface area contributed by atoms with Crippen LogP contribution in [0.2, 0.25) is 0 Å². The molecule has 5 nitrogen and oxygen atoms in total. The summed E-state index contributed by atoms with van der Waals surface area (Å²) in [7, 11) is 0. The van der Waals surface area contributed by atoms with Gasteiger partial charge >= 0.3 is 11.9 Å². The van der Waals surface area contributed by atoms with E-state index >= 15 is 0 Å². The van der Waals surface area contributed by atoms with Gasteiger partial charge in [-0.2, -0.15) is 0 Å². The summed E-state index contributed by atoms with van der Waals surface area (Å²) in [5.41, 5.74) is 0. The minimum Gasteiger partial charge on any atom is -0.463 e. The van der Waals surface area contributed by atoms with Gasteiger partial charge in [0.2, 0.25) is 0 Å². The smallest absolute Gasteiger partial charge is 0.305 e. The molecule has 0 spiro atoms. The van der Waals surface area contributed by atoms with Crippen molar-refractivity contribution in [3.05, 3.63) is 0 Å². The molecule has 0 radical (unpaired) electrons. The van der Waals surface area contributed by atoms with E-state index in [2.05, 4.69) is 20.8 Å². The fraction of sp³-hybridized carbons (Fsp3) is 0.949. The summed E-state index contributed by atoms with van der Waals surface area (Å²) >= 11 is 0. The van der Waals surface area contributed by atoms with E-state index in [9.17, 15) is 14.7 Å². The Morgan fingerprint density at radius 1 is 0.455 bits per heavy atom. The first-order valence-electron chi connectivity index (χ1n) is 19.5. The Kier molecular flexibility index (Phi) is 33.9. The van der Waals surface area contributed by atoms with E-state index in [1.54, 1.807) is 0 Å². The van der Waals surface area contributed by atoms with Gasteiger partial charge in [0.05, 0.1) is 0 Å². The normalized spacial score (nSPS) is 12.7. The Hall–Kier alpha value is -1.10. The fourth-order valence-electron chi connectivity index (χ4n) is 5.92. The van der Waals surface area contributed by atoms with E-state index in [-0.39, 0.29) is 25.2 Å². The number of rotatable bonds is 35. The number of carbonyl (C=O) groups is 2. The Morgan fingerprint density at radius 3 is 1.07 bits per heavy atom. The minimum atomic E-state index is -0.955. The molecule has 44 heavy (non-hydrogen) atoms.